The summed E-state index contributed by atoms with van der Waals surface area (Å²) in [7, 11) is 3.71. The van der Waals surface area contributed by atoms with Crippen LogP contribution in [0.5, 0.6) is 0 Å². The van der Waals surface area contributed by atoms with Crippen molar-refractivity contribution in [1.82, 2.24) is 10.2 Å². The molecule has 1 aliphatic rings. The average Bonchev–Trinajstić information content (AvgIpc) is 2.39. The van der Waals surface area contributed by atoms with Crippen molar-refractivity contribution < 1.29 is 14.3 Å². The summed E-state index contributed by atoms with van der Waals surface area (Å²) in [6.45, 7) is 5.67. The third-order valence-electron chi connectivity index (χ3n) is 3.89. The number of piperidine rings is 1. The van der Waals surface area contributed by atoms with Crippen molar-refractivity contribution in [2.75, 3.05) is 33.8 Å². The molecule has 5 heteroatoms. The number of carbonyl (C=O) groups is 2. The molecular formula is C14H26N2O3. The molecule has 0 bridgehead atoms. The summed E-state index contributed by atoms with van der Waals surface area (Å²) < 4.78 is 5.11. The van der Waals surface area contributed by atoms with E-state index in [0.717, 1.165) is 25.9 Å². The van der Waals surface area contributed by atoms with Crippen LogP contribution >= 0.6 is 0 Å². The highest BCUT2D eigenvalue weighted by Crippen LogP contribution is 2.26. The maximum Gasteiger partial charge on any atom is 0.316 e. The van der Waals surface area contributed by atoms with E-state index in [1.165, 1.54) is 0 Å². The number of hydrogen-bond donors (Lipinski definition) is 1. The first-order chi connectivity index (χ1) is 8.99. The third kappa shape index (κ3) is 4.28. The number of esters is 1. The molecule has 110 valence electrons. The van der Waals surface area contributed by atoms with Crippen molar-refractivity contribution in [3.05, 3.63) is 0 Å². The van der Waals surface area contributed by atoms with E-state index in [9.17, 15) is 9.59 Å². The van der Waals surface area contributed by atoms with Crippen molar-refractivity contribution in [2.24, 2.45) is 11.8 Å². The van der Waals surface area contributed by atoms with E-state index in [-0.39, 0.29) is 23.7 Å². The Labute approximate surface area is 115 Å². The minimum Gasteiger partial charge on any atom is -0.465 e. The average molecular weight is 270 g/mol. The van der Waals surface area contributed by atoms with Crippen molar-refractivity contribution >= 4 is 11.8 Å². The lowest BCUT2D eigenvalue weighted by molar-refractivity contribution is -0.155. The van der Waals surface area contributed by atoms with Gasteiger partial charge in [-0.1, -0.05) is 0 Å². The second-order valence-electron chi connectivity index (χ2n) is 5.36. The Morgan fingerprint density at radius 2 is 1.89 bits per heavy atom. The number of nitrogens with zero attached hydrogens (tertiary/aromatic N) is 1. The van der Waals surface area contributed by atoms with Gasteiger partial charge in [-0.2, -0.15) is 0 Å². The lowest BCUT2D eigenvalue weighted by atomic mass is 9.80. The zero-order chi connectivity index (χ0) is 14.4. The zero-order valence-corrected chi connectivity index (χ0v) is 12.4. The standard InChI is InChI=1S/C14H26N2O3/c1-5-19-14(18)12(11-6-8-15-9-7-11)13(17)10(2)16(3)4/h10-12,15H,5-9H2,1-4H3. The molecule has 2 atom stereocenters. The second-order valence-corrected chi connectivity index (χ2v) is 5.36. The predicted molar refractivity (Wildman–Crippen MR) is 73.9 cm³/mol. The topological polar surface area (TPSA) is 58.6 Å². The van der Waals surface area contributed by atoms with Crippen LogP contribution in [-0.2, 0) is 14.3 Å². The molecule has 1 rings (SSSR count). The van der Waals surface area contributed by atoms with Gasteiger partial charge in [0.25, 0.3) is 0 Å². The first-order valence-electron chi connectivity index (χ1n) is 7.06. The number of nitrogens with one attached hydrogen (secondary N) is 1. The fraction of sp³-hybridized carbons (Fsp3) is 0.857. The number of hydrogen-bond acceptors (Lipinski definition) is 5. The molecule has 0 amide bonds. The van der Waals surface area contributed by atoms with Crippen LogP contribution in [0, 0.1) is 11.8 Å². The van der Waals surface area contributed by atoms with Gasteiger partial charge in [-0.25, -0.2) is 0 Å². The molecule has 1 saturated heterocycles. The van der Waals surface area contributed by atoms with Crippen molar-refractivity contribution in [3.63, 3.8) is 0 Å². The number of ether oxygens (including phenoxy) is 1. The van der Waals surface area contributed by atoms with Gasteiger partial charge in [0.15, 0.2) is 5.78 Å². The molecule has 0 aromatic heterocycles. The summed E-state index contributed by atoms with van der Waals surface area (Å²) >= 11 is 0. The summed E-state index contributed by atoms with van der Waals surface area (Å²) in [6.07, 6.45) is 1.71. The largest absolute Gasteiger partial charge is 0.465 e. The lowest BCUT2D eigenvalue weighted by Gasteiger charge is -2.31. The summed E-state index contributed by atoms with van der Waals surface area (Å²) in [4.78, 5) is 26.5. The third-order valence-corrected chi connectivity index (χ3v) is 3.89. The Hall–Kier alpha value is -0.940. The van der Waals surface area contributed by atoms with E-state index in [1.807, 2.05) is 25.9 Å². The molecule has 1 N–H and O–H groups in total. The maximum absolute atomic E-state index is 12.5. The smallest absolute Gasteiger partial charge is 0.316 e. The van der Waals surface area contributed by atoms with Crippen LogP contribution in [0.3, 0.4) is 0 Å². The Balaban J connectivity index is 2.84. The van der Waals surface area contributed by atoms with E-state index >= 15 is 0 Å². The quantitative estimate of drug-likeness (QED) is 0.568. The molecule has 0 aromatic carbocycles. The molecule has 19 heavy (non-hydrogen) atoms. The summed E-state index contributed by atoms with van der Waals surface area (Å²) in [5, 5.41) is 3.26. The summed E-state index contributed by atoms with van der Waals surface area (Å²) in [6, 6.07) is -0.260. The molecule has 2 unspecified atom stereocenters. The summed E-state index contributed by atoms with van der Waals surface area (Å²) in [5.74, 6) is -0.877. The molecule has 0 saturated carbocycles. The monoisotopic (exact) mass is 270 g/mol. The Morgan fingerprint density at radius 3 is 2.37 bits per heavy atom. The minimum absolute atomic E-state index is 0.0182. The Kier molecular flexibility index (Phi) is 6.45. The van der Waals surface area contributed by atoms with Gasteiger partial charge < -0.3 is 10.1 Å². The maximum atomic E-state index is 12.5. The van der Waals surface area contributed by atoms with E-state index in [4.69, 9.17) is 4.74 Å². The molecule has 0 aliphatic carbocycles. The van der Waals surface area contributed by atoms with E-state index in [1.54, 1.807) is 6.92 Å². The normalized spacial score (nSPS) is 20.1. The summed E-state index contributed by atoms with van der Waals surface area (Å²) in [5.41, 5.74) is 0. The van der Waals surface area contributed by atoms with E-state index < -0.39 is 5.92 Å². The molecular weight excluding hydrogens is 244 g/mol. The minimum atomic E-state index is -0.612. The van der Waals surface area contributed by atoms with Gasteiger partial charge in [0.05, 0.1) is 12.6 Å². The van der Waals surface area contributed by atoms with Crippen molar-refractivity contribution in [1.29, 1.82) is 0 Å². The first-order valence-corrected chi connectivity index (χ1v) is 7.06. The number of carbonyl (C=O) groups excluding carboxylic acids is 2. The van der Waals surface area contributed by atoms with E-state index in [2.05, 4.69) is 5.32 Å². The molecule has 5 nitrogen and oxygen atoms in total. The van der Waals surface area contributed by atoms with Gasteiger partial charge in [-0.05, 0) is 59.8 Å². The highest BCUT2D eigenvalue weighted by atomic mass is 16.5. The Bertz CT molecular complexity index is 312. The molecule has 1 aliphatic heterocycles. The number of likely N-dealkylation sites (N-methyl/N-ethyl adjacent to an activating group) is 1. The second kappa shape index (κ2) is 7.60. The number of rotatable bonds is 6. The van der Waals surface area contributed by atoms with Crippen LogP contribution in [0.2, 0.25) is 0 Å². The fourth-order valence-corrected chi connectivity index (χ4v) is 2.46. The molecule has 0 radical (unpaired) electrons. The van der Waals surface area contributed by atoms with Gasteiger partial charge in [-0.15, -0.1) is 0 Å². The van der Waals surface area contributed by atoms with Gasteiger partial charge in [0.2, 0.25) is 0 Å². The van der Waals surface area contributed by atoms with Crippen LogP contribution in [0.4, 0.5) is 0 Å². The number of ketones is 1. The van der Waals surface area contributed by atoms with Crippen LogP contribution in [0.1, 0.15) is 26.7 Å². The van der Waals surface area contributed by atoms with Gasteiger partial charge in [0, 0.05) is 0 Å². The van der Waals surface area contributed by atoms with Gasteiger partial charge in [0.1, 0.15) is 5.92 Å². The van der Waals surface area contributed by atoms with Gasteiger partial charge in [-0.3, -0.25) is 14.5 Å². The Morgan fingerprint density at radius 1 is 1.32 bits per heavy atom. The molecule has 1 fully saturated rings. The van der Waals surface area contributed by atoms with Crippen molar-refractivity contribution in [3.8, 4) is 0 Å². The fourth-order valence-electron chi connectivity index (χ4n) is 2.46. The van der Waals surface area contributed by atoms with Crippen molar-refractivity contribution in [2.45, 2.75) is 32.7 Å². The van der Waals surface area contributed by atoms with Crippen LogP contribution in [-0.4, -0.2) is 56.5 Å². The first kappa shape index (κ1) is 16.1. The van der Waals surface area contributed by atoms with E-state index in [0.29, 0.717) is 6.61 Å². The number of Topliss-reactive ketones (excluding diaryl/α,β-unsaturated/α-hetero) is 1. The van der Waals surface area contributed by atoms with Crippen LogP contribution in [0.25, 0.3) is 0 Å². The predicted octanol–water partition coefficient (Wildman–Crippen LogP) is 0.685. The SMILES string of the molecule is CCOC(=O)C(C(=O)C(C)N(C)C)C1CCNCC1. The van der Waals surface area contributed by atoms with Gasteiger partial charge >= 0.3 is 5.97 Å². The molecule has 1 heterocycles. The highest BCUT2D eigenvalue weighted by molar-refractivity contribution is 6.01. The lowest BCUT2D eigenvalue weighted by Crippen LogP contribution is -2.46. The zero-order valence-electron chi connectivity index (χ0n) is 12.4. The molecule has 0 spiro atoms. The highest BCUT2D eigenvalue weighted by Gasteiger charge is 2.38. The van der Waals surface area contributed by atoms with Crippen LogP contribution in [0.15, 0.2) is 0 Å². The molecule has 0 aromatic rings. The van der Waals surface area contributed by atoms with Crippen LogP contribution < -0.4 is 5.32 Å².